The maximum atomic E-state index is 9.29. The van der Waals surface area contributed by atoms with E-state index in [2.05, 4.69) is 43.1 Å². The molecule has 5 nitrogen and oxygen atoms in total. The second-order valence-corrected chi connectivity index (χ2v) is 6.89. The van der Waals surface area contributed by atoms with Crippen molar-refractivity contribution in [2.75, 3.05) is 13.2 Å². The Hall–Kier alpha value is -1.72. The van der Waals surface area contributed by atoms with Crippen molar-refractivity contribution < 1.29 is 5.11 Å². The van der Waals surface area contributed by atoms with Gasteiger partial charge in [-0.2, -0.15) is 5.10 Å². The zero-order valence-electron chi connectivity index (χ0n) is 14.6. The Morgan fingerprint density at radius 2 is 2.13 bits per heavy atom. The molecule has 0 saturated heterocycles. The monoisotopic (exact) mass is 316 g/mol. The van der Waals surface area contributed by atoms with Crippen molar-refractivity contribution in [1.29, 1.82) is 0 Å². The van der Waals surface area contributed by atoms with Gasteiger partial charge in [0.2, 0.25) is 0 Å². The SMILES string of the molecule is Cc1c(C(C)NCCCC(C)(C)CO)cnn1-c1ccccn1. The smallest absolute Gasteiger partial charge is 0.153 e. The number of aromatic nitrogens is 3. The van der Waals surface area contributed by atoms with Crippen LogP contribution in [0, 0.1) is 12.3 Å². The largest absolute Gasteiger partial charge is 0.396 e. The Morgan fingerprint density at radius 3 is 2.78 bits per heavy atom. The fourth-order valence-corrected chi connectivity index (χ4v) is 2.63. The van der Waals surface area contributed by atoms with Gasteiger partial charge in [0.05, 0.1) is 6.20 Å². The van der Waals surface area contributed by atoms with Gasteiger partial charge in [-0.15, -0.1) is 0 Å². The lowest BCUT2D eigenvalue weighted by atomic mass is 9.89. The molecule has 0 aliphatic rings. The van der Waals surface area contributed by atoms with Crippen LogP contribution in [0.3, 0.4) is 0 Å². The van der Waals surface area contributed by atoms with Gasteiger partial charge in [-0.05, 0) is 50.8 Å². The minimum absolute atomic E-state index is 0.00466. The van der Waals surface area contributed by atoms with E-state index in [4.69, 9.17) is 0 Å². The van der Waals surface area contributed by atoms with E-state index in [1.807, 2.05) is 29.1 Å². The van der Waals surface area contributed by atoms with Crippen molar-refractivity contribution in [1.82, 2.24) is 20.1 Å². The average Bonchev–Trinajstić information content (AvgIpc) is 2.94. The maximum absolute atomic E-state index is 9.29. The van der Waals surface area contributed by atoms with Gasteiger partial charge in [0.15, 0.2) is 5.82 Å². The van der Waals surface area contributed by atoms with E-state index in [-0.39, 0.29) is 18.1 Å². The average molecular weight is 316 g/mol. The summed E-state index contributed by atoms with van der Waals surface area (Å²) in [6.45, 7) is 9.58. The second kappa shape index (κ2) is 7.70. The van der Waals surface area contributed by atoms with Gasteiger partial charge in [-0.1, -0.05) is 19.9 Å². The highest BCUT2D eigenvalue weighted by Gasteiger charge is 2.17. The van der Waals surface area contributed by atoms with E-state index in [1.54, 1.807) is 6.20 Å². The predicted molar refractivity (Wildman–Crippen MR) is 92.6 cm³/mol. The highest BCUT2D eigenvalue weighted by atomic mass is 16.3. The van der Waals surface area contributed by atoms with Gasteiger partial charge >= 0.3 is 0 Å². The normalized spacial score (nSPS) is 13.3. The third-order valence-corrected chi connectivity index (χ3v) is 4.29. The molecule has 2 rings (SSSR count). The molecule has 0 aromatic carbocycles. The lowest BCUT2D eigenvalue weighted by molar-refractivity contribution is 0.147. The van der Waals surface area contributed by atoms with Crippen LogP contribution < -0.4 is 5.32 Å². The molecular weight excluding hydrogens is 288 g/mol. The molecule has 0 aliphatic carbocycles. The molecule has 2 aromatic rings. The molecular formula is C18H28N4O. The molecule has 2 aromatic heterocycles. The van der Waals surface area contributed by atoms with E-state index < -0.39 is 0 Å². The summed E-state index contributed by atoms with van der Waals surface area (Å²) in [5.74, 6) is 0.841. The molecule has 1 atom stereocenters. The van der Waals surface area contributed by atoms with Crippen molar-refractivity contribution in [2.24, 2.45) is 5.41 Å². The number of rotatable bonds is 8. The van der Waals surface area contributed by atoms with Gasteiger partial charge in [-0.3, -0.25) is 0 Å². The maximum Gasteiger partial charge on any atom is 0.153 e. The minimum Gasteiger partial charge on any atom is -0.396 e. The van der Waals surface area contributed by atoms with Gasteiger partial charge in [0.1, 0.15) is 0 Å². The summed E-state index contributed by atoms with van der Waals surface area (Å²) < 4.78 is 1.88. The summed E-state index contributed by atoms with van der Waals surface area (Å²) >= 11 is 0. The Labute approximate surface area is 138 Å². The van der Waals surface area contributed by atoms with E-state index >= 15 is 0 Å². The third-order valence-electron chi connectivity index (χ3n) is 4.29. The lowest BCUT2D eigenvalue weighted by Crippen LogP contribution is -2.23. The van der Waals surface area contributed by atoms with Crippen LogP contribution >= 0.6 is 0 Å². The van der Waals surface area contributed by atoms with E-state index in [1.165, 1.54) is 5.56 Å². The fourth-order valence-electron chi connectivity index (χ4n) is 2.63. The topological polar surface area (TPSA) is 63.0 Å². The Kier molecular flexibility index (Phi) is 5.91. The molecule has 0 fully saturated rings. The van der Waals surface area contributed by atoms with Gasteiger partial charge < -0.3 is 10.4 Å². The van der Waals surface area contributed by atoms with Crippen LogP contribution in [0.4, 0.5) is 0 Å². The van der Waals surface area contributed by atoms with Crippen molar-refractivity contribution in [3.8, 4) is 5.82 Å². The highest BCUT2D eigenvalue weighted by molar-refractivity contribution is 5.29. The molecule has 2 heterocycles. The first-order valence-corrected chi connectivity index (χ1v) is 8.25. The van der Waals surface area contributed by atoms with Gasteiger partial charge in [0, 0.05) is 30.1 Å². The third kappa shape index (κ3) is 4.62. The molecule has 5 heteroatoms. The molecule has 0 radical (unpaired) electrons. The Balaban J connectivity index is 1.93. The van der Waals surface area contributed by atoms with Crippen molar-refractivity contribution in [3.05, 3.63) is 41.9 Å². The lowest BCUT2D eigenvalue weighted by Gasteiger charge is -2.22. The Bertz CT molecular complexity index is 607. The van der Waals surface area contributed by atoms with E-state index in [0.29, 0.717) is 0 Å². The number of pyridine rings is 1. The number of aliphatic hydroxyl groups excluding tert-OH is 1. The van der Waals surface area contributed by atoms with Crippen LogP contribution in [0.5, 0.6) is 0 Å². The van der Waals surface area contributed by atoms with Crippen molar-refractivity contribution in [3.63, 3.8) is 0 Å². The summed E-state index contributed by atoms with van der Waals surface area (Å²) in [5, 5.41) is 17.3. The summed E-state index contributed by atoms with van der Waals surface area (Å²) in [6.07, 6.45) is 5.75. The van der Waals surface area contributed by atoms with Crippen LogP contribution in [-0.4, -0.2) is 33.0 Å². The summed E-state index contributed by atoms with van der Waals surface area (Å²) in [6, 6.07) is 6.07. The molecule has 0 spiro atoms. The van der Waals surface area contributed by atoms with Gasteiger partial charge in [0.25, 0.3) is 0 Å². The minimum atomic E-state index is 0.00466. The molecule has 0 amide bonds. The first-order chi connectivity index (χ1) is 10.9. The predicted octanol–water partition coefficient (Wildman–Crippen LogP) is 3.03. The molecule has 23 heavy (non-hydrogen) atoms. The summed E-state index contributed by atoms with van der Waals surface area (Å²) in [4.78, 5) is 4.35. The zero-order chi connectivity index (χ0) is 16.9. The number of nitrogens with one attached hydrogen (secondary N) is 1. The van der Waals surface area contributed by atoms with Crippen LogP contribution in [0.1, 0.15) is 50.9 Å². The standard InChI is InChI=1S/C18H28N4O/c1-14(19-11-7-9-18(3,4)13-23)16-12-21-22(15(16)2)17-8-5-6-10-20-17/h5-6,8,10,12,14,19,23H,7,9,11,13H2,1-4H3. The second-order valence-electron chi connectivity index (χ2n) is 6.89. The first-order valence-electron chi connectivity index (χ1n) is 8.25. The molecule has 1 unspecified atom stereocenters. The molecule has 2 N–H and O–H groups in total. The van der Waals surface area contributed by atoms with Crippen molar-refractivity contribution in [2.45, 2.75) is 46.6 Å². The molecule has 0 bridgehead atoms. The molecule has 0 saturated carbocycles. The quantitative estimate of drug-likeness (QED) is 0.735. The van der Waals surface area contributed by atoms with Crippen molar-refractivity contribution >= 4 is 0 Å². The van der Waals surface area contributed by atoms with Crippen LogP contribution in [-0.2, 0) is 0 Å². The first kappa shape index (κ1) is 17.6. The van der Waals surface area contributed by atoms with Gasteiger partial charge in [-0.25, -0.2) is 9.67 Å². The summed E-state index contributed by atoms with van der Waals surface area (Å²) in [5.41, 5.74) is 2.31. The number of aliphatic hydroxyl groups is 1. The van der Waals surface area contributed by atoms with E-state index in [9.17, 15) is 5.11 Å². The van der Waals surface area contributed by atoms with Crippen LogP contribution in [0.2, 0.25) is 0 Å². The zero-order valence-corrected chi connectivity index (χ0v) is 14.6. The molecule has 0 aliphatic heterocycles. The van der Waals surface area contributed by atoms with Crippen LogP contribution in [0.15, 0.2) is 30.6 Å². The molecule has 126 valence electrons. The number of hydrogen-bond donors (Lipinski definition) is 2. The number of hydrogen-bond acceptors (Lipinski definition) is 4. The fraction of sp³-hybridized carbons (Fsp3) is 0.556. The van der Waals surface area contributed by atoms with E-state index in [0.717, 1.165) is 30.9 Å². The summed E-state index contributed by atoms with van der Waals surface area (Å²) in [7, 11) is 0. The van der Waals surface area contributed by atoms with Crippen LogP contribution in [0.25, 0.3) is 5.82 Å². The number of nitrogens with zero attached hydrogens (tertiary/aromatic N) is 3. The highest BCUT2D eigenvalue weighted by Crippen LogP contribution is 2.22. The Morgan fingerprint density at radius 1 is 1.35 bits per heavy atom.